The summed E-state index contributed by atoms with van der Waals surface area (Å²) in [5.74, 6) is 1.42. The third-order valence-corrected chi connectivity index (χ3v) is 9.05. The van der Waals surface area contributed by atoms with E-state index in [2.05, 4.69) is 61.7 Å². The van der Waals surface area contributed by atoms with Crippen LogP contribution in [0.1, 0.15) is 50.9 Å². The summed E-state index contributed by atoms with van der Waals surface area (Å²) < 4.78 is 3.58. The van der Waals surface area contributed by atoms with Gasteiger partial charge in [0.1, 0.15) is 11.2 Å². The number of hydrogen-bond acceptors (Lipinski definition) is 7. The zero-order valence-corrected chi connectivity index (χ0v) is 24.2. The Kier molecular flexibility index (Phi) is 5.69. The Bertz CT molecular complexity index is 2000. The van der Waals surface area contributed by atoms with Crippen molar-refractivity contribution in [1.82, 2.24) is 44.5 Å². The average Bonchev–Trinajstić information content (AvgIpc) is 3.44. The molecule has 0 atom stereocenters. The number of likely N-dealkylation sites (tertiary alicyclic amines) is 1. The van der Waals surface area contributed by atoms with Crippen LogP contribution in [0.3, 0.4) is 0 Å². The van der Waals surface area contributed by atoms with Gasteiger partial charge in [-0.1, -0.05) is 36.4 Å². The standard InChI is InChI=1S/C33H31N9O/c1-32(2,30(43)40-16-3-4-17-40)41-21-25(19-36-41)22-7-9-23(10-8-22)28-20-35-31-38-37-29(42(31)39-28)33(13-14-33)26-11-12-27-24(18-26)6-5-15-34-27/h5-12,15,18-21H,3-4,13-14,16-17H2,1-2H3. The topological polar surface area (TPSA) is 107 Å². The average molecular weight is 570 g/mol. The van der Waals surface area contributed by atoms with Crippen LogP contribution >= 0.6 is 0 Å². The van der Waals surface area contributed by atoms with Crippen LogP contribution in [-0.4, -0.2) is 63.5 Å². The van der Waals surface area contributed by atoms with Crippen molar-refractivity contribution >= 4 is 22.6 Å². The van der Waals surface area contributed by atoms with Crippen molar-refractivity contribution in [2.24, 2.45) is 0 Å². The fourth-order valence-electron chi connectivity index (χ4n) is 6.28. The third kappa shape index (κ3) is 4.19. The van der Waals surface area contributed by atoms with Gasteiger partial charge in [-0.3, -0.25) is 14.5 Å². The minimum absolute atomic E-state index is 0.114. The van der Waals surface area contributed by atoms with Crippen molar-refractivity contribution in [1.29, 1.82) is 0 Å². The number of fused-ring (bicyclic) bond motifs is 2. The van der Waals surface area contributed by atoms with Crippen molar-refractivity contribution in [2.75, 3.05) is 13.1 Å². The predicted molar refractivity (Wildman–Crippen MR) is 162 cm³/mol. The first-order valence-electron chi connectivity index (χ1n) is 14.8. The molecule has 2 fully saturated rings. The van der Waals surface area contributed by atoms with Gasteiger partial charge in [-0.2, -0.15) is 14.7 Å². The number of carbonyl (C=O) groups excluding carboxylic acids is 1. The van der Waals surface area contributed by atoms with Crippen LogP contribution in [-0.2, 0) is 15.7 Å². The fraction of sp³-hybridized carbons (Fsp3) is 0.303. The highest BCUT2D eigenvalue weighted by Gasteiger charge is 2.50. The van der Waals surface area contributed by atoms with E-state index in [0.29, 0.717) is 5.78 Å². The predicted octanol–water partition coefficient (Wildman–Crippen LogP) is 5.04. The highest BCUT2D eigenvalue weighted by atomic mass is 16.2. The molecule has 1 aliphatic carbocycles. The van der Waals surface area contributed by atoms with Gasteiger partial charge < -0.3 is 4.90 Å². The first-order valence-corrected chi connectivity index (χ1v) is 14.8. The van der Waals surface area contributed by atoms with Crippen molar-refractivity contribution < 1.29 is 4.79 Å². The summed E-state index contributed by atoms with van der Waals surface area (Å²) in [7, 11) is 0. The Morgan fingerprint density at radius 2 is 1.67 bits per heavy atom. The molecule has 1 amide bonds. The smallest absolute Gasteiger partial charge is 0.271 e. The van der Waals surface area contributed by atoms with Crippen LogP contribution in [0.25, 0.3) is 39.1 Å². The lowest BCUT2D eigenvalue weighted by Crippen LogP contribution is -2.46. The molecular weight excluding hydrogens is 538 g/mol. The van der Waals surface area contributed by atoms with Crippen LogP contribution in [0.2, 0.25) is 0 Å². The lowest BCUT2D eigenvalue weighted by Gasteiger charge is -2.29. The Morgan fingerprint density at radius 3 is 2.47 bits per heavy atom. The Hall–Kier alpha value is -4.99. The molecule has 0 radical (unpaired) electrons. The third-order valence-electron chi connectivity index (χ3n) is 9.05. The van der Waals surface area contributed by atoms with E-state index in [1.165, 1.54) is 5.56 Å². The second kappa shape index (κ2) is 9.52. The van der Waals surface area contributed by atoms with Crippen molar-refractivity contribution in [2.45, 2.75) is 50.5 Å². The molecule has 1 saturated heterocycles. The highest BCUT2D eigenvalue weighted by Crippen LogP contribution is 2.53. The number of rotatable bonds is 6. The van der Waals surface area contributed by atoms with Crippen molar-refractivity contribution in [3.63, 3.8) is 0 Å². The molecule has 0 unspecified atom stereocenters. The molecule has 43 heavy (non-hydrogen) atoms. The lowest BCUT2D eigenvalue weighted by molar-refractivity contribution is -0.138. The molecule has 0 spiro atoms. The van der Waals surface area contributed by atoms with E-state index >= 15 is 0 Å². The number of carbonyl (C=O) groups is 1. The monoisotopic (exact) mass is 569 g/mol. The van der Waals surface area contributed by atoms with Gasteiger partial charge in [-0.25, -0.2) is 4.98 Å². The first-order chi connectivity index (χ1) is 20.9. The van der Waals surface area contributed by atoms with E-state index < -0.39 is 5.54 Å². The summed E-state index contributed by atoms with van der Waals surface area (Å²) in [6.45, 7) is 5.52. The van der Waals surface area contributed by atoms with Gasteiger partial charge in [0, 0.05) is 42.0 Å². The number of pyridine rings is 1. The molecule has 10 heteroatoms. The molecule has 2 aromatic carbocycles. The van der Waals surface area contributed by atoms with E-state index in [1.807, 2.05) is 55.5 Å². The molecule has 4 aromatic heterocycles. The van der Waals surface area contributed by atoms with Gasteiger partial charge in [0.15, 0.2) is 5.82 Å². The quantitative estimate of drug-likeness (QED) is 0.277. The van der Waals surface area contributed by atoms with Crippen LogP contribution < -0.4 is 0 Å². The molecule has 1 aliphatic heterocycles. The molecule has 5 heterocycles. The Labute approximate surface area is 248 Å². The number of nitrogens with zero attached hydrogens (tertiary/aromatic N) is 9. The second-order valence-electron chi connectivity index (χ2n) is 12.2. The highest BCUT2D eigenvalue weighted by molar-refractivity contribution is 5.84. The molecular formula is C33H31N9O. The molecule has 8 rings (SSSR count). The van der Waals surface area contributed by atoms with Crippen molar-refractivity contribution in [3.05, 3.63) is 90.8 Å². The molecule has 1 saturated carbocycles. The van der Waals surface area contributed by atoms with Crippen LogP contribution in [0, 0.1) is 0 Å². The molecule has 0 N–H and O–H groups in total. The van der Waals surface area contributed by atoms with E-state index in [9.17, 15) is 4.79 Å². The maximum Gasteiger partial charge on any atom is 0.271 e. The van der Waals surface area contributed by atoms with Gasteiger partial charge in [0.25, 0.3) is 5.78 Å². The summed E-state index contributed by atoms with van der Waals surface area (Å²) in [6, 6.07) is 18.7. The SMILES string of the molecule is CC(C)(C(=O)N1CCCC1)n1cc(-c2ccc(-c3cnc4nnc(C5(c6ccc7ncccc7c6)CC5)n4n3)cc2)cn1. The lowest BCUT2D eigenvalue weighted by atomic mass is 9.94. The molecule has 0 bridgehead atoms. The molecule has 2 aliphatic rings. The summed E-state index contributed by atoms with van der Waals surface area (Å²) in [5.41, 5.74) is 4.86. The van der Waals surface area contributed by atoms with Crippen LogP contribution in [0.5, 0.6) is 0 Å². The van der Waals surface area contributed by atoms with E-state index in [4.69, 9.17) is 5.10 Å². The molecule has 214 valence electrons. The summed E-state index contributed by atoms with van der Waals surface area (Å²) in [5, 5.41) is 19.6. The molecule has 10 nitrogen and oxygen atoms in total. The summed E-state index contributed by atoms with van der Waals surface area (Å²) in [6.07, 6.45) is 11.4. The normalized spacial score (nSPS) is 16.3. The number of benzene rings is 2. The minimum Gasteiger partial charge on any atom is -0.341 e. The minimum atomic E-state index is -0.743. The zero-order chi connectivity index (χ0) is 29.2. The first kappa shape index (κ1) is 25.7. The summed E-state index contributed by atoms with van der Waals surface area (Å²) in [4.78, 5) is 24.2. The van der Waals surface area contributed by atoms with Crippen LogP contribution in [0.15, 0.2) is 79.4 Å². The Morgan fingerprint density at radius 1 is 0.884 bits per heavy atom. The maximum absolute atomic E-state index is 13.1. The van der Waals surface area contributed by atoms with E-state index in [1.54, 1.807) is 15.4 Å². The van der Waals surface area contributed by atoms with Gasteiger partial charge >= 0.3 is 0 Å². The number of amides is 1. The summed E-state index contributed by atoms with van der Waals surface area (Å²) >= 11 is 0. The fourth-order valence-corrected chi connectivity index (χ4v) is 6.28. The van der Waals surface area contributed by atoms with Crippen molar-refractivity contribution in [3.8, 4) is 22.4 Å². The van der Waals surface area contributed by atoms with Gasteiger partial charge in [0.05, 0.1) is 23.3 Å². The zero-order valence-electron chi connectivity index (χ0n) is 24.2. The number of aromatic nitrogens is 8. The largest absolute Gasteiger partial charge is 0.341 e. The maximum atomic E-state index is 13.1. The van der Waals surface area contributed by atoms with Crippen LogP contribution in [0.4, 0.5) is 0 Å². The second-order valence-corrected chi connectivity index (χ2v) is 12.2. The van der Waals surface area contributed by atoms with Gasteiger partial charge in [0.2, 0.25) is 5.91 Å². The van der Waals surface area contributed by atoms with Gasteiger partial charge in [-0.05, 0) is 68.9 Å². The van der Waals surface area contributed by atoms with Gasteiger partial charge in [-0.15, -0.1) is 10.2 Å². The van der Waals surface area contributed by atoms with E-state index in [0.717, 1.165) is 77.9 Å². The Balaban J connectivity index is 1.08. The van der Waals surface area contributed by atoms with E-state index in [-0.39, 0.29) is 11.3 Å². The number of hydrogen-bond donors (Lipinski definition) is 0. The molecule has 6 aromatic rings.